The highest BCUT2D eigenvalue weighted by Crippen LogP contribution is 2.33. The zero-order valence-electron chi connectivity index (χ0n) is 10.7. The highest BCUT2D eigenvalue weighted by atomic mass is 16.2. The number of nitrogens with zero attached hydrogens (tertiary/aromatic N) is 1. The second-order valence-corrected chi connectivity index (χ2v) is 5.73. The molecule has 2 fully saturated rings. The molecule has 3 heteroatoms. The van der Waals surface area contributed by atoms with E-state index in [4.69, 9.17) is 0 Å². The Labute approximate surface area is 98.6 Å². The largest absolute Gasteiger partial charge is 0.338 e. The minimum Gasteiger partial charge on any atom is -0.338 e. The van der Waals surface area contributed by atoms with E-state index in [1.54, 1.807) is 0 Å². The van der Waals surface area contributed by atoms with E-state index in [9.17, 15) is 4.79 Å². The van der Waals surface area contributed by atoms with Crippen molar-refractivity contribution in [2.45, 2.75) is 51.6 Å². The zero-order chi connectivity index (χ0) is 11.7. The van der Waals surface area contributed by atoms with E-state index in [0.717, 1.165) is 24.8 Å². The highest BCUT2D eigenvalue weighted by Gasteiger charge is 2.37. The molecule has 1 aliphatic carbocycles. The van der Waals surface area contributed by atoms with Gasteiger partial charge in [-0.3, -0.25) is 4.79 Å². The van der Waals surface area contributed by atoms with Gasteiger partial charge in [-0.1, -0.05) is 13.8 Å². The minimum absolute atomic E-state index is 0.0764. The molecule has 1 N–H and O–H groups in total. The number of hydrogen-bond acceptors (Lipinski definition) is 2. The first-order valence-electron chi connectivity index (χ1n) is 6.59. The fraction of sp³-hybridized carbons (Fsp3) is 0.923. The monoisotopic (exact) mass is 224 g/mol. The number of likely N-dealkylation sites (N-methyl/N-ethyl adjacent to an activating group) is 1. The van der Waals surface area contributed by atoms with Gasteiger partial charge in [0, 0.05) is 12.6 Å². The topological polar surface area (TPSA) is 32.3 Å². The molecule has 0 aromatic carbocycles. The summed E-state index contributed by atoms with van der Waals surface area (Å²) in [6.45, 7) is 5.59. The Morgan fingerprint density at radius 1 is 1.19 bits per heavy atom. The molecule has 0 radical (unpaired) electrons. The van der Waals surface area contributed by atoms with Crippen LogP contribution in [0, 0.1) is 11.8 Å². The van der Waals surface area contributed by atoms with E-state index in [1.165, 1.54) is 19.3 Å². The predicted molar refractivity (Wildman–Crippen MR) is 65.1 cm³/mol. The third-order valence-corrected chi connectivity index (χ3v) is 4.18. The fourth-order valence-electron chi connectivity index (χ4n) is 3.49. The van der Waals surface area contributed by atoms with Gasteiger partial charge in [0.25, 0.3) is 0 Å². The molecule has 1 saturated carbocycles. The highest BCUT2D eigenvalue weighted by molar-refractivity contribution is 5.84. The van der Waals surface area contributed by atoms with E-state index in [1.807, 2.05) is 7.05 Å². The summed E-state index contributed by atoms with van der Waals surface area (Å²) >= 11 is 0. The van der Waals surface area contributed by atoms with E-state index >= 15 is 0 Å². The van der Waals surface area contributed by atoms with Crippen LogP contribution in [0.5, 0.6) is 0 Å². The van der Waals surface area contributed by atoms with Crippen molar-refractivity contribution in [1.82, 2.24) is 10.2 Å². The Morgan fingerprint density at radius 2 is 1.81 bits per heavy atom. The maximum Gasteiger partial charge on any atom is 0.240 e. The van der Waals surface area contributed by atoms with E-state index in [2.05, 4.69) is 24.1 Å². The van der Waals surface area contributed by atoms with Crippen LogP contribution in [0.4, 0.5) is 0 Å². The van der Waals surface area contributed by atoms with Crippen molar-refractivity contribution in [1.29, 1.82) is 0 Å². The normalized spacial score (nSPS) is 40.4. The standard InChI is InChI=1S/C13H24N2O/c1-9-6-10(2)8-11(7-9)15-5-4-12(14-3)13(15)16/h9-12,14H,4-8H2,1-3H3. The number of amides is 1. The molecule has 1 saturated heterocycles. The molecule has 3 unspecified atom stereocenters. The van der Waals surface area contributed by atoms with Gasteiger partial charge in [-0.2, -0.15) is 0 Å². The average Bonchev–Trinajstić information content (AvgIpc) is 2.58. The first kappa shape index (κ1) is 11.9. The van der Waals surface area contributed by atoms with Gasteiger partial charge >= 0.3 is 0 Å². The number of rotatable bonds is 2. The summed E-state index contributed by atoms with van der Waals surface area (Å²) in [5.41, 5.74) is 0. The lowest BCUT2D eigenvalue weighted by Crippen LogP contribution is -2.44. The molecule has 0 aromatic heterocycles. The predicted octanol–water partition coefficient (Wildman–Crippen LogP) is 1.63. The quantitative estimate of drug-likeness (QED) is 0.773. The molecule has 3 nitrogen and oxygen atoms in total. The molecule has 16 heavy (non-hydrogen) atoms. The summed E-state index contributed by atoms with van der Waals surface area (Å²) in [6, 6.07) is 0.581. The molecule has 1 heterocycles. The van der Waals surface area contributed by atoms with Crippen LogP contribution in [0.15, 0.2) is 0 Å². The maximum atomic E-state index is 12.1. The summed E-state index contributed by atoms with van der Waals surface area (Å²) in [7, 11) is 1.89. The number of carbonyl (C=O) groups excluding carboxylic acids is 1. The first-order valence-corrected chi connectivity index (χ1v) is 6.59. The van der Waals surface area contributed by atoms with Crippen molar-refractivity contribution in [2.24, 2.45) is 11.8 Å². The second kappa shape index (κ2) is 4.74. The van der Waals surface area contributed by atoms with Crippen molar-refractivity contribution >= 4 is 5.91 Å². The lowest BCUT2D eigenvalue weighted by molar-refractivity contribution is -0.132. The Hall–Kier alpha value is -0.570. The van der Waals surface area contributed by atoms with Crippen LogP contribution in [0.1, 0.15) is 39.5 Å². The molecule has 0 aromatic rings. The molecule has 92 valence electrons. The molecule has 0 bridgehead atoms. The zero-order valence-corrected chi connectivity index (χ0v) is 10.7. The first-order chi connectivity index (χ1) is 7.61. The molecule has 1 aliphatic heterocycles. The molecular weight excluding hydrogens is 200 g/mol. The molecular formula is C13H24N2O. The van der Waals surface area contributed by atoms with Crippen LogP contribution in [0.3, 0.4) is 0 Å². The van der Waals surface area contributed by atoms with Crippen LogP contribution in [-0.2, 0) is 4.79 Å². The Morgan fingerprint density at radius 3 is 2.31 bits per heavy atom. The summed E-state index contributed by atoms with van der Waals surface area (Å²) in [5, 5.41) is 3.11. The van der Waals surface area contributed by atoms with E-state index in [0.29, 0.717) is 11.9 Å². The lowest BCUT2D eigenvalue weighted by atomic mass is 9.80. The molecule has 2 aliphatic rings. The van der Waals surface area contributed by atoms with Crippen LogP contribution in [-0.4, -0.2) is 36.5 Å². The maximum absolute atomic E-state index is 12.1. The Bertz CT molecular complexity index is 257. The van der Waals surface area contributed by atoms with Gasteiger partial charge in [0.2, 0.25) is 5.91 Å². The second-order valence-electron chi connectivity index (χ2n) is 5.73. The van der Waals surface area contributed by atoms with E-state index < -0.39 is 0 Å². The Balaban J connectivity index is 2.00. The van der Waals surface area contributed by atoms with Gasteiger partial charge in [0.05, 0.1) is 6.04 Å². The van der Waals surface area contributed by atoms with Crippen LogP contribution in [0.25, 0.3) is 0 Å². The van der Waals surface area contributed by atoms with Crippen molar-refractivity contribution in [3.63, 3.8) is 0 Å². The number of carbonyl (C=O) groups is 1. The van der Waals surface area contributed by atoms with Gasteiger partial charge in [-0.05, 0) is 44.6 Å². The molecule has 1 amide bonds. The summed E-state index contributed by atoms with van der Waals surface area (Å²) in [5.74, 6) is 1.87. The van der Waals surface area contributed by atoms with E-state index in [-0.39, 0.29) is 6.04 Å². The van der Waals surface area contributed by atoms with Crippen molar-refractivity contribution in [3.8, 4) is 0 Å². The molecule has 3 atom stereocenters. The minimum atomic E-state index is 0.0764. The summed E-state index contributed by atoms with van der Waals surface area (Å²) < 4.78 is 0. The number of nitrogens with one attached hydrogen (secondary N) is 1. The third kappa shape index (κ3) is 2.24. The molecule has 2 rings (SSSR count). The van der Waals surface area contributed by atoms with Crippen LogP contribution < -0.4 is 5.32 Å². The SMILES string of the molecule is CNC1CCN(C2CC(C)CC(C)C2)C1=O. The fourth-order valence-corrected chi connectivity index (χ4v) is 3.49. The van der Waals surface area contributed by atoms with Gasteiger partial charge in [0.1, 0.15) is 0 Å². The third-order valence-electron chi connectivity index (χ3n) is 4.18. The van der Waals surface area contributed by atoms with Crippen molar-refractivity contribution in [2.75, 3.05) is 13.6 Å². The van der Waals surface area contributed by atoms with Gasteiger partial charge < -0.3 is 10.2 Å². The lowest BCUT2D eigenvalue weighted by Gasteiger charge is -2.37. The van der Waals surface area contributed by atoms with Crippen molar-refractivity contribution in [3.05, 3.63) is 0 Å². The summed E-state index contributed by atoms with van der Waals surface area (Å²) in [6.07, 6.45) is 4.71. The average molecular weight is 224 g/mol. The van der Waals surface area contributed by atoms with Gasteiger partial charge in [0.15, 0.2) is 0 Å². The smallest absolute Gasteiger partial charge is 0.240 e. The van der Waals surface area contributed by atoms with Gasteiger partial charge in [-0.25, -0.2) is 0 Å². The van der Waals surface area contributed by atoms with Gasteiger partial charge in [-0.15, -0.1) is 0 Å². The number of likely N-dealkylation sites (tertiary alicyclic amines) is 1. The number of hydrogen-bond donors (Lipinski definition) is 1. The molecule has 0 spiro atoms. The summed E-state index contributed by atoms with van der Waals surface area (Å²) in [4.78, 5) is 14.2. The Kier molecular flexibility index (Phi) is 3.53. The van der Waals surface area contributed by atoms with Crippen LogP contribution >= 0.6 is 0 Å². The van der Waals surface area contributed by atoms with Crippen molar-refractivity contribution < 1.29 is 4.79 Å². The van der Waals surface area contributed by atoms with Crippen LogP contribution in [0.2, 0.25) is 0 Å².